The Hall–Kier alpha value is -2.82. The number of ether oxygens (including phenoxy) is 1. The first-order chi connectivity index (χ1) is 11.9. The Morgan fingerprint density at radius 2 is 1.64 bits per heavy atom. The van der Waals surface area contributed by atoms with Crippen LogP contribution in [0.25, 0.3) is 0 Å². The summed E-state index contributed by atoms with van der Waals surface area (Å²) in [6.07, 6.45) is 0.150. The molecular weight excluding hydrogens is 316 g/mol. The Labute approximate surface area is 147 Å². The van der Waals surface area contributed by atoms with E-state index in [0.717, 1.165) is 28.1 Å². The van der Waals surface area contributed by atoms with Crippen molar-refractivity contribution < 1.29 is 14.3 Å². The zero-order valence-electron chi connectivity index (χ0n) is 14.9. The van der Waals surface area contributed by atoms with Gasteiger partial charge in [-0.05, 0) is 56.2 Å². The van der Waals surface area contributed by atoms with Gasteiger partial charge in [0, 0.05) is 5.69 Å². The third-order valence-electron chi connectivity index (χ3n) is 4.44. The van der Waals surface area contributed by atoms with E-state index in [4.69, 9.17) is 4.74 Å². The van der Waals surface area contributed by atoms with Gasteiger partial charge >= 0.3 is 0 Å². The molecule has 2 amide bonds. The summed E-state index contributed by atoms with van der Waals surface area (Å²) >= 11 is 0. The molecule has 1 N–H and O–H groups in total. The topological polar surface area (TPSA) is 58.6 Å². The maximum Gasteiger partial charge on any atom is 0.256 e. The first-order valence-electron chi connectivity index (χ1n) is 8.26. The van der Waals surface area contributed by atoms with E-state index in [0.29, 0.717) is 5.69 Å². The molecular formula is C20H22N2O3. The van der Waals surface area contributed by atoms with Gasteiger partial charge in [-0.25, -0.2) is 4.90 Å². The number of amides is 2. The van der Waals surface area contributed by atoms with Crippen molar-refractivity contribution in [2.45, 2.75) is 33.2 Å². The van der Waals surface area contributed by atoms with Gasteiger partial charge in [-0.3, -0.25) is 9.59 Å². The minimum atomic E-state index is -0.555. The molecule has 0 radical (unpaired) electrons. The number of benzene rings is 2. The van der Waals surface area contributed by atoms with E-state index in [-0.39, 0.29) is 18.2 Å². The zero-order chi connectivity index (χ0) is 18.1. The number of hydrogen-bond acceptors (Lipinski definition) is 4. The monoisotopic (exact) mass is 338 g/mol. The molecule has 1 aliphatic rings. The Kier molecular flexibility index (Phi) is 4.49. The number of aryl methyl sites for hydroxylation is 3. The van der Waals surface area contributed by atoms with E-state index in [9.17, 15) is 9.59 Å². The molecule has 3 rings (SSSR count). The second kappa shape index (κ2) is 6.59. The lowest BCUT2D eigenvalue weighted by Gasteiger charge is -2.21. The number of carbonyl (C=O) groups excluding carboxylic acids is 2. The van der Waals surface area contributed by atoms with E-state index >= 15 is 0 Å². The largest absolute Gasteiger partial charge is 0.497 e. The highest BCUT2D eigenvalue weighted by Crippen LogP contribution is 2.31. The summed E-state index contributed by atoms with van der Waals surface area (Å²) in [5.41, 5.74) is 4.48. The van der Waals surface area contributed by atoms with Crippen LogP contribution in [0.1, 0.15) is 23.1 Å². The smallest absolute Gasteiger partial charge is 0.256 e. The maximum absolute atomic E-state index is 12.9. The molecule has 1 aliphatic heterocycles. The summed E-state index contributed by atoms with van der Waals surface area (Å²) in [4.78, 5) is 26.7. The number of hydrogen-bond donors (Lipinski definition) is 1. The summed E-state index contributed by atoms with van der Waals surface area (Å²) in [5.74, 6) is 0.355. The Bertz CT molecular complexity index is 804. The molecule has 0 aliphatic carbocycles. The highest BCUT2D eigenvalue weighted by molar-refractivity contribution is 6.23. The van der Waals surface area contributed by atoms with Crippen molar-refractivity contribution >= 4 is 23.2 Å². The van der Waals surface area contributed by atoms with Crippen LogP contribution in [0, 0.1) is 20.8 Å². The van der Waals surface area contributed by atoms with Gasteiger partial charge < -0.3 is 10.1 Å². The zero-order valence-corrected chi connectivity index (χ0v) is 14.9. The fourth-order valence-electron chi connectivity index (χ4n) is 3.39. The fraction of sp³-hybridized carbons (Fsp3) is 0.300. The SMILES string of the molecule is COc1ccc(N[C@H]2CC(=O)N(c3c(C)cc(C)cc3C)C2=O)cc1. The van der Waals surface area contributed by atoms with E-state index in [1.54, 1.807) is 7.11 Å². The summed E-state index contributed by atoms with van der Waals surface area (Å²) in [6, 6.07) is 10.7. The number of carbonyl (C=O) groups is 2. The van der Waals surface area contributed by atoms with E-state index in [2.05, 4.69) is 5.32 Å². The molecule has 25 heavy (non-hydrogen) atoms. The number of nitrogens with zero attached hydrogens (tertiary/aromatic N) is 1. The van der Waals surface area contributed by atoms with Gasteiger partial charge in [0.2, 0.25) is 5.91 Å². The van der Waals surface area contributed by atoms with Crippen molar-refractivity contribution in [3.8, 4) is 5.75 Å². The number of methoxy groups -OCH3 is 1. The number of nitrogens with one attached hydrogen (secondary N) is 1. The number of anilines is 2. The van der Waals surface area contributed by atoms with Crippen molar-refractivity contribution in [3.63, 3.8) is 0 Å². The van der Waals surface area contributed by atoms with Crippen LogP contribution in [0.3, 0.4) is 0 Å². The van der Waals surface area contributed by atoms with E-state index in [1.807, 2.05) is 57.2 Å². The molecule has 1 atom stereocenters. The van der Waals surface area contributed by atoms with Crippen LogP contribution >= 0.6 is 0 Å². The van der Waals surface area contributed by atoms with Crippen molar-refractivity contribution in [1.82, 2.24) is 0 Å². The molecule has 0 aromatic heterocycles. The highest BCUT2D eigenvalue weighted by Gasteiger charge is 2.40. The predicted molar refractivity (Wildman–Crippen MR) is 98.2 cm³/mol. The van der Waals surface area contributed by atoms with Crippen LogP contribution in [-0.4, -0.2) is 25.0 Å². The number of rotatable bonds is 4. The van der Waals surface area contributed by atoms with Crippen LogP contribution < -0.4 is 15.0 Å². The van der Waals surface area contributed by atoms with Crippen molar-refractivity contribution in [2.24, 2.45) is 0 Å². The van der Waals surface area contributed by atoms with E-state index < -0.39 is 6.04 Å². The summed E-state index contributed by atoms with van der Waals surface area (Å²) in [7, 11) is 1.60. The standard InChI is InChI=1S/C20H22N2O3/c1-12-9-13(2)19(14(3)10-12)22-18(23)11-17(20(22)24)21-15-5-7-16(25-4)8-6-15/h5-10,17,21H,11H2,1-4H3/t17-/m0/s1. The molecule has 0 bridgehead atoms. The Morgan fingerprint density at radius 3 is 2.20 bits per heavy atom. The van der Waals surface area contributed by atoms with Crippen LogP contribution in [-0.2, 0) is 9.59 Å². The predicted octanol–water partition coefficient (Wildman–Crippen LogP) is 3.36. The first kappa shape index (κ1) is 17.0. The minimum absolute atomic E-state index is 0.150. The fourth-order valence-corrected chi connectivity index (χ4v) is 3.39. The van der Waals surface area contributed by atoms with E-state index in [1.165, 1.54) is 4.90 Å². The van der Waals surface area contributed by atoms with Gasteiger partial charge in [-0.15, -0.1) is 0 Å². The summed E-state index contributed by atoms with van der Waals surface area (Å²) < 4.78 is 5.13. The lowest BCUT2D eigenvalue weighted by molar-refractivity contribution is -0.121. The lowest BCUT2D eigenvalue weighted by atomic mass is 10.0. The van der Waals surface area contributed by atoms with Gasteiger partial charge in [0.05, 0.1) is 19.2 Å². The van der Waals surface area contributed by atoms with Gasteiger partial charge in [0.25, 0.3) is 5.91 Å². The molecule has 5 heteroatoms. The van der Waals surface area contributed by atoms with Gasteiger partial charge in [-0.2, -0.15) is 0 Å². The highest BCUT2D eigenvalue weighted by atomic mass is 16.5. The second-order valence-electron chi connectivity index (χ2n) is 6.44. The second-order valence-corrected chi connectivity index (χ2v) is 6.44. The normalized spacial score (nSPS) is 17.1. The van der Waals surface area contributed by atoms with Crippen LogP contribution in [0.2, 0.25) is 0 Å². The molecule has 5 nitrogen and oxygen atoms in total. The average Bonchev–Trinajstić information content (AvgIpc) is 2.82. The van der Waals surface area contributed by atoms with Crippen LogP contribution in [0.15, 0.2) is 36.4 Å². The summed E-state index contributed by atoms with van der Waals surface area (Å²) in [5, 5.41) is 3.15. The van der Waals surface area contributed by atoms with Crippen LogP contribution in [0.4, 0.5) is 11.4 Å². The summed E-state index contributed by atoms with van der Waals surface area (Å²) in [6.45, 7) is 5.87. The number of imide groups is 1. The molecule has 1 saturated heterocycles. The molecule has 1 heterocycles. The molecule has 0 spiro atoms. The molecule has 0 unspecified atom stereocenters. The van der Waals surface area contributed by atoms with Gasteiger partial charge in [0.15, 0.2) is 0 Å². The Balaban J connectivity index is 1.85. The molecule has 0 saturated carbocycles. The third-order valence-corrected chi connectivity index (χ3v) is 4.44. The van der Waals surface area contributed by atoms with Crippen molar-refractivity contribution in [3.05, 3.63) is 53.1 Å². The third kappa shape index (κ3) is 3.22. The Morgan fingerprint density at radius 1 is 1.04 bits per heavy atom. The average molecular weight is 338 g/mol. The van der Waals surface area contributed by atoms with Crippen LogP contribution in [0.5, 0.6) is 5.75 Å². The minimum Gasteiger partial charge on any atom is -0.497 e. The van der Waals surface area contributed by atoms with Gasteiger partial charge in [0.1, 0.15) is 11.8 Å². The molecule has 130 valence electrons. The quantitative estimate of drug-likeness (QED) is 0.869. The molecule has 2 aromatic carbocycles. The first-order valence-corrected chi connectivity index (χ1v) is 8.26. The van der Waals surface area contributed by atoms with Crippen molar-refractivity contribution in [2.75, 3.05) is 17.3 Å². The molecule has 1 fully saturated rings. The van der Waals surface area contributed by atoms with Gasteiger partial charge in [-0.1, -0.05) is 17.7 Å². The van der Waals surface area contributed by atoms with Crippen molar-refractivity contribution in [1.29, 1.82) is 0 Å². The lowest BCUT2D eigenvalue weighted by Crippen LogP contribution is -2.35. The maximum atomic E-state index is 12.9. The molecule has 2 aromatic rings.